The van der Waals surface area contributed by atoms with Gasteiger partial charge in [0.25, 0.3) is 0 Å². The molecule has 3 heteroatoms. The molecule has 2 fully saturated rings. The van der Waals surface area contributed by atoms with Gasteiger partial charge in [-0.2, -0.15) is 0 Å². The number of hydrogen-bond donors (Lipinski definition) is 0. The van der Waals surface area contributed by atoms with Crippen LogP contribution in [0, 0.1) is 23.7 Å². The van der Waals surface area contributed by atoms with Crippen molar-refractivity contribution in [1.29, 1.82) is 0 Å². The Kier molecular flexibility index (Phi) is 11.4. The average Bonchev–Trinajstić information content (AvgIpc) is 3.35. The van der Waals surface area contributed by atoms with Crippen LogP contribution in [0.15, 0.2) is 0 Å². The zero-order chi connectivity index (χ0) is 19.5. The molecule has 158 valence electrons. The summed E-state index contributed by atoms with van der Waals surface area (Å²) >= 11 is 4.12. The highest BCUT2D eigenvalue weighted by molar-refractivity contribution is 9.09. The third kappa shape index (κ3) is 8.07. The summed E-state index contributed by atoms with van der Waals surface area (Å²) in [6.45, 7) is 5.24. The Balaban J connectivity index is 1.80. The van der Waals surface area contributed by atoms with E-state index in [-0.39, 0.29) is 5.97 Å². The Bertz CT molecular complexity index is 393. The van der Waals surface area contributed by atoms with Gasteiger partial charge in [0, 0.05) is 11.2 Å². The first-order valence-electron chi connectivity index (χ1n) is 11.9. The molecule has 0 aliphatic heterocycles. The molecular weight excluding hydrogens is 400 g/mol. The normalized spacial score (nSPS) is 21.0. The maximum absolute atomic E-state index is 12.3. The molecular formula is C24H43BrO2. The smallest absolute Gasteiger partial charge is 0.305 e. The second kappa shape index (κ2) is 13.2. The SMILES string of the molecule is CCCC(CCC)C(Br)C(CCC(=O)OCCC1CCCC1)C1CCCC1. The van der Waals surface area contributed by atoms with Gasteiger partial charge in [-0.3, -0.25) is 4.79 Å². The lowest BCUT2D eigenvalue weighted by Crippen LogP contribution is -2.30. The molecule has 0 bridgehead atoms. The zero-order valence-corrected chi connectivity index (χ0v) is 19.5. The van der Waals surface area contributed by atoms with E-state index in [4.69, 9.17) is 4.74 Å². The summed E-state index contributed by atoms with van der Waals surface area (Å²) in [4.78, 5) is 12.9. The molecule has 2 nitrogen and oxygen atoms in total. The lowest BCUT2D eigenvalue weighted by Gasteiger charge is -2.33. The van der Waals surface area contributed by atoms with E-state index in [0.717, 1.165) is 30.6 Å². The number of ether oxygens (including phenoxy) is 1. The Morgan fingerprint density at radius 3 is 2.15 bits per heavy atom. The van der Waals surface area contributed by atoms with Crippen LogP contribution in [0.4, 0.5) is 0 Å². The van der Waals surface area contributed by atoms with Crippen molar-refractivity contribution in [3.63, 3.8) is 0 Å². The van der Waals surface area contributed by atoms with Crippen molar-refractivity contribution in [2.45, 2.75) is 115 Å². The summed E-state index contributed by atoms with van der Waals surface area (Å²) < 4.78 is 5.60. The number of carbonyl (C=O) groups is 1. The highest BCUT2D eigenvalue weighted by Gasteiger charge is 2.34. The van der Waals surface area contributed by atoms with Gasteiger partial charge < -0.3 is 4.74 Å². The maximum atomic E-state index is 12.3. The monoisotopic (exact) mass is 442 g/mol. The first-order chi connectivity index (χ1) is 13.2. The molecule has 2 rings (SSSR count). The van der Waals surface area contributed by atoms with Crippen LogP contribution < -0.4 is 0 Å². The molecule has 2 unspecified atom stereocenters. The topological polar surface area (TPSA) is 26.3 Å². The van der Waals surface area contributed by atoms with E-state index in [9.17, 15) is 4.79 Å². The van der Waals surface area contributed by atoms with Crippen molar-refractivity contribution in [3.8, 4) is 0 Å². The van der Waals surface area contributed by atoms with Gasteiger partial charge in [-0.05, 0) is 49.4 Å². The molecule has 0 aromatic heterocycles. The number of alkyl halides is 1. The molecule has 0 N–H and O–H groups in total. The Morgan fingerprint density at radius 1 is 0.963 bits per heavy atom. The minimum absolute atomic E-state index is 0.0400. The van der Waals surface area contributed by atoms with Crippen molar-refractivity contribution < 1.29 is 9.53 Å². The van der Waals surface area contributed by atoms with Crippen molar-refractivity contribution in [1.82, 2.24) is 0 Å². The van der Waals surface area contributed by atoms with Crippen LogP contribution in [0.5, 0.6) is 0 Å². The average molecular weight is 444 g/mol. The standard InChI is InChI=1S/C24H43BrO2/c1-3-9-21(10-4-2)24(25)22(20-13-7-8-14-20)15-16-23(26)27-18-17-19-11-5-6-12-19/h19-22,24H,3-18H2,1-2H3. The van der Waals surface area contributed by atoms with E-state index < -0.39 is 0 Å². The van der Waals surface area contributed by atoms with Gasteiger partial charge in [0.1, 0.15) is 0 Å². The predicted octanol–water partition coefficient (Wildman–Crippen LogP) is 7.68. The fourth-order valence-corrected chi connectivity index (χ4v) is 6.81. The van der Waals surface area contributed by atoms with Gasteiger partial charge in [-0.15, -0.1) is 0 Å². The van der Waals surface area contributed by atoms with E-state index in [2.05, 4.69) is 29.8 Å². The van der Waals surface area contributed by atoms with Gasteiger partial charge in [0.05, 0.1) is 6.61 Å². The molecule has 0 saturated heterocycles. The summed E-state index contributed by atoms with van der Waals surface area (Å²) in [5, 5.41) is 0. The van der Waals surface area contributed by atoms with Crippen LogP contribution in [-0.4, -0.2) is 17.4 Å². The van der Waals surface area contributed by atoms with E-state index in [1.165, 1.54) is 77.0 Å². The fourth-order valence-electron chi connectivity index (χ4n) is 5.59. The molecule has 0 heterocycles. The lowest BCUT2D eigenvalue weighted by molar-refractivity contribution is -0.144. The van der Waals surface area contributed by atoms with E-state index in [1.54, 1.807) is 0 Å². The summed E-state index contributed by atoms with van der Waals surface area (Å²) in [5.41, 5.74) is 0. The molecule has 0 spiro atoms. The number of esters is 1. The first-order valence-corrected chi connectivity index (χ1v) is 12.9. The van der Waals surface area contributed by atoms with E-state index >= 15 is 0 Å². The molecule has 2 atom stereocenters. The van der Waals surface area contributed by atoms with Crippen molar-refractivity contribution in [2.75, 3.05) is 6.61 Å². The first kappa shape index (κ1) is 23.2. The van der Waals surface area contributed by atoms with Gasteiger partial charge in [-0.25, -0.2) is 0 Å². The van der Waals surface area contributed by atoms with Gasteiger partial charge >= 0.3 is 5.97 Å². The van der Waals surface area contributed by atoms with Crippen LogP contribution in [0.1, 0.15) is 110 Å². The summed E-state index contributed by atoms with van der Waals surface area (Å²) in [6.07, 6.45) is 18.7. The lowest BCUT2D eigenvalue weighted by atomic mass is 9.78. The largest absolute Gasteiger partial charge is 0.466 e. The van der Waals surface area contributed by atoms with Gasteiger partial charge in [0.2, 0.25) is 0 Å². The van der Waals surface area contributed by atoms with Gasteiger partial charge in [0.15, 0.2) is 0 Å². The second-order valence-corrected chi connectivity index (χ2v) is 10.2. The highest BCUT2D eigenvalue weighted by Crippen LogP contribution is 2.42. The quantitative estimate of drug-likeness (QED) is 0.216. The van der Waals surface area contributed by atoms with Crippen molar-refractivity contribution >= 4 is 21.9 Å². The third-order valence-corrected chi connectivity index (χ3v) is 8.56. The summed E-state index contributed by atoms with van der Waals surface area (Å²) in [7, 11) is 0. The minimum Gasteiger partial charge on any atom is -0.466 e. The molecule has 0 radical (unpaired) electrons. The van der Waals surface area contributed by atoms with Crippen LogP contribution in [0.3, 0.4) is 0 Å². The van der Waals surface area contributed by atoms with E-state index in [1.807, 2.05) is 0 Å². The Hall–Kier alpha value is -0.0500. The highest BCUT2D eigenvalue weighted by atomic mass is 79.9. The summed E-state index contributed by atoms with van der Waals surface area (Å²) in [6, 6.07) is 0. The molecule has 2 aliphatic rings. The van der Waals surface area contributed by atoms with Gasteiger partial charge in [-0.1, -0.05) is 94.0 Å². The van der Waals surface area contributed by atoms with Crippen molar-refractivity contribution in [2.24, 2.45) is 23.7 Å². The van der Waals surface area contributed by atoms with Crippen LogP contribution in [0.2, 0.25) is 0 Å². The fraction of sp³-hybridized carbons (Fsp3) is 0.958. The third-order valence-electron chi connectivity index (χ3n) is 7.13. The molecule has 2 saturated carbocycles. The number of rotatable bonds is 13. The molecule has 2 aliphatic carbocycles. The Morgan fingerprint density at radius 2 is 1.56 bits per heavy atom. The number of halogens is 1. The maximum Gasteiger partial charge on any atom is 0.305 e. The van der Waals surface area contributed by atoms with Crippen LogP contribution in [0.25, 0.3) is 0 Å². The second-order valence-electron chi connectivity index (χ2n) is 9.19. The number of hydrogen-bond acceptors (Lipinski definition) is 2. The summed E-state index contributed by atoms with van der Waals surface area (Å²) in [5.74, 6) is 3.04. The Labute approximate surface area is 176 Å². The van der Waals surface area contributed by atoms with Crippen LogP contribution >= 0.6 is 15.9 Å². The molecule has 0 aromatic carbocycles. The molecule has 0 aromatic rings. The number of carbonyl (C=O) groups excluding carboxylic acids is 1. The molecule has 27 heavy (non-hydrogen) atoms. The zero-order valence-electron chi connectivity index (χ0n) is 17.9. The predicted molar refractivity (Wildman–Crippen MR) is 118 cm³/mol. The minimum atomic E-state index is 0.0400. The molecule has 0 amide bonds. The van der Waals surface area contributed by atoms with E-state index in [0.29, 0.717) is 23.8 Å². The van der Waals surface area contributed by atoms with Crippen LogP contribution in [-0.2, 0) is 9.53 Å². The van der Waals surface area contributed by atoms with Crippen molar-refractivity contribution in [3.05, 3.63) is 0 Å².